The predicted octanol–water partition coefficient (Wildman–Crippen LogP) is 2.37. The molecule has 0 atom stereocenters. The van der Waals surface area contributed by atoms with E-state index in [4.69, 9.17) is 4.74 Å². The number of hydrogen-bond acceptors (Lipinski definition) is 7. The van der Waals surface area contributed by atoms with Crippen LogP contribution in [0.25, 0.3) is 0 Å². The van der Waals surface area contributed by atoms with Gasteiger partial charge in [0.25, 0.3) is 0 Å². The highest BCUT2D eigenvalue weighted by Gasteiger charge is 2.25. The van der Waals surface area contributed by atoms with Gasteiger partial charge in [-0.15, -0.1) is 11.8 Å². The van der Waals surface area contributed by atoms with Crippen LogP contribution in [0.15, 0.2) is 41.3 Å². The first-order valence-corrected chi connectivity index (χ1v) is 9.64. The largest absolute Gasteiger partial charge is 0.473 e. The molecule has 1 aromatic carbocycles. The lowest BCUT2D eigenvalue weighted by Gasteiger charge is -2.24. The van der Waals surface area contributed by atoms with Crippen LogP contribution in [0.2, 0.25) is 0 Å². The number of rotatable bonds is 10. The molecular formula is C18H23N5O2S. The van der Waals surface area contributed by atoms with E-state index in [1.165, 1.54) is 12.8 Å². The highest BCUT2D eigenvalue weighted by molar-refractivity contribution is 7.98. The fourth-order valence-electron chi connectivity index (χ4n) is 2.67. The zero-order chi connectivity index (χ0) is 18.4. The monoisotopic (exact) mass is 373 g/mol. The van der Waals surface area contributed by atoms with E-state index < -0.39 is 0 Å². The molecule has 1 saturated carbocycles. The standard InChI is InChI=1S/C18H23N5O2S/c1-23(22-21-19-12-24)16-6-4-7-17(26-2)14(16)11-25-18-8-3-5-15(20-18)13-9-10-13/h3-8,12-13,21-22H,9-11H2,1-2H3,(H,19,24). The average Bonchev–Trinajstić information content (AvgIpc) is 3.51. The summed E-state index contributed by atoms with van der Waals surface area (Å²) >= 11 is 1.66. The summed E-state index contributed by atoms with van der Waals surface area (Å²) in [6.07, 6.45) is 5.03. The number of amides is 1. The van der Waals surface area contributed by atoms with Crippen molar-refractivity contribution in [2.45, 2.75) is 30.3 Å². The summed E-state index contributed by atoms with van der Waals surface area (Å²) < 4.78 is 6.00. The van der Waals surface area contributed by atoms with Crippen molar-refractivity contribution in [2.24, 2.45) is 0 Å². The molecule has 1 amide bonds. The minimum absolute atomic E-state index is 0.403. The third-order valence-corrected chi connectivity index (χ3v) is 4.97. The third kappa shape index (κ3) is 4.66. The van der Waals surface area contributed by atoms with Crippen molar-refractivity contribution in [2.75, 3.05) is 18.3 Å². The van der Waals surface area contributed by atoms with Gasteiger partial charge in [-0.2, -0.15) is 11.1 Å². The summed E-state index contributed by atoms with van der Waals surface area (Å²) in [5.74, 6) is 1.24. The summed E-state index contributed by atoms with van der Waals surface area (Å²) in [7, 11) is 1.86. The Kier molecular flexibility index (Phi) is 6.32. The lowest BCUT2D eigenvalue weighted by molar-refractivity contribution is -0.110. The minimum atomic E-state index is 0.403. The summed E-state index contributed by atoms with van der Waals surface area (Å²) in [5.41, 5.74) is 10.9. The van der Waals surface area contributed by atoms with Crippen molar-refractivity contribution in [3.63, 3.8) is 0 Å². The normalized spacial score (nSPS) is 13.3. The number of hydrogen-bond donors (Lipinski definition) is 3. The van der Waals surface area contributed by atoms with Crippen molar-refractivity contribution in [1.29, 1.82) is 0 Å². The number of carbonyl (C=O) groups excluding carboxylic acids is 1. The summed E-state index contributed by atoms with van der Waals surface area (Å²) in [6.45, 7) is 0.403. The molecule has 2 aromatic rings. The lowest BCUT2D eigenvalue weighted by Crippen LogP contribution is -2.51. The van der Waals surface area contributed by atoms with Gasteiger partial charge in [-0.05, 0) is 37.3 Å². The topological polar surface area (TPSA) is 78.5 Å². The molecule has 1 heterocycles. The van der Waals surface area contributed by atoms with Gasteiger partial charge in [-0.25, -0.2) is 4.98 Å². The van der Waals surface area contributed by atoms with E-state index in [9.17, 15) is 4.79 Å². The van der Waals surface area contributed by atoms with Crippen molar-refractivity contribution in [3.05, 3.63) is 47.7 Å². The Morgan fingerprint density at radius 1 is 1.31 bits per heavy atom. The zero-order valence-corrected chi connectivity index (χ0v) is 15.7. The number of benzene rings is 1. The van der Waals surface area contributed by atoms with Crippen molar-refractivity contribution < 1.29 is 9.53 Å². The van der Waals surface area contributed by atoms with Crippen LogP contribution in [0.3, 0.4) is 0 Å². The van der Waals surface area contributed by atoms with Crippen molar-refractivity contribution >= 4 is 23.9 Å². The molecular weight excluding hydrogens is 350 g/mol. The number of thioether (sulfide) groups is 1. The molecule has 0 unspecified atom stereocenters. The minimum Gasteiger partial charge on any atom is -0.473 e. The number of carbonyl (C=O) groups is 1. The fraction of sp³-hybridized carbons (Fsp3) is 0.333. The molecule has 3 rings (SSSR count). The summed E-state index contributed by atoms with van der Waals surface area (Å²) in [5, 5.41) is 1.78. The Morgan fingerprint density at radius 2 is 2.12 bits per heavy atom. The lowest BCUT2D eigenvalue weighted by atomic mass is 10.2. The zero-order valence-electron chi connectivity index (χ0n) is 14.9. The van der Waals surface area contributed by atoms with Gasteiger partial charge in [-0.3, -0.25) is 15.2 Å². The van der Waals surface area contributed by atoms with Crippen LogP contribution in [-0.2, 0) is 11.4 Å². The van der Waals surface area contributed by atoms with Gasteiger partial charge >= 0.3 is 0 Å². The third-order valence-electron chi connectivity index (χ3n) is 4.15. The molecule has 26 heavy (non-hydrogen) atoms. The van der Waals surface area contributed by atoms with E-state index >= 15 is 0 Å². The Labute approximate surface area is 157 Å². The second-order valence-corrected chi connectivity index (χ2v) is 6.83. The Morgan fingerprint density at radius 3 is 2.85 bits per heavy atom. The molecule has 1 fully saturated rings. The molecule has 1 aliphatic carbocycles. The van der Waals surface area contributed by atoms with Gasteiger partial charge in [0.15, 0.2) is 0 Å². The van der Waals surface area contributed by atoms with Gasteiger partial charge < -0.3 is 4.74 Å². The number of aromatic nitrogens is 1. The van der Waals surface area contributed by atoms with Gasteiger partial charge in [0.2, 0.25) is 12.3 Å². The van der Waals surface area contributed by atoms with Crippen LogP contribution in [0.5, 0.6) is 5.88 Å². The van der Waals surface area contributed by atoms with E-state index in [0.29, 0.717) is 24.8 Å². The van der Waals surface area contributed by atoms with E-state index in [-0.39, 0.29) is 0 Å². The van der Waals surface area contributed by atoms with Crippen LogP contribution in [-0.4, -0.2) is 24.7 Å². The number of nitrogens with one attached hydrogen (secondary N) is 3. The van der Waals surface area contributed by atoms with E-state index in [1.807, 2.05) is 37.6 Å². The molecule has 3 N–H and O–H groups in total. The molecule has 1 aliphatic rings. The fourth-order valence-corrected chi connectivity index (χ4v) is 3.30. The molecule has 0 spiro atoms. The predicted molar refractivity (Wildman–Crippen MR) is 103 cm³/mol. The number of anilines is 1. The average molecular weight is 373 g/mol. The van der Waals surface area contributed by atoms with Gasteiger partial charge in [0.05, 0.1) is 5.69 Å². The van der Waals surface area contributed by atoms with Crippen LogP contribution >= 0.6 is 11.8 Å². The number of hydrazine groups is 3. The number of pyridine rings is 1. The van der Waals surface area contributed by atoms with E-state index in [2.05, 4.69) is 33.6 Å². The van der Waals surface area contributed by atoms with E-state index in [0.717, 1.165) is 21.8 Å². The van der Waals surface area contributed by atoms with E-state index in [1.54, 1.807) is 16.8 Å². The first-order chi connectivity index (χ1) is 12.7. The smallest absolute Gasteiger partial charge is 0.222 e. The van der Waals surface area contributed by atoms with Crippen LogP contribution in [0.4, 0.5) is 5.69 Å². The molecule has 7 nitrogen and oxygen atoms in total. The number of ether oxygens (including phenoxy) is 1. The Balaban J connectivity index is 1.74. The molecule has 0 bridgehead atoms. The highest BCUT2D eigenvalue weighted by Crippen LogP contribution is 2.39. The Bertz CT molecular complexity index is 754. The molecule has 0 aliphatic heterocycles. The Hall–Kier alpha value is -2.29. The summed E-state index contributed by atoms with van der Waals surface area (Å²) in [4.78, 5) is 16.1. The molecule has 0 radical (unpaired) electrons. The second kappa shape index (κ2) is 8.88. The molecule has 138 valence electrons. The van der Waals surface area contributed by atoms with Gasteiger partial charge in [0.1, 0.15) is 6.61 Å². The van der Waals surface area contributed by atoms with Crippen LogP contribution in [0, 0.1) is 0 Å². The van der Waals surface area contributed by atoms with Crippen LogP contribution < -0.4 is 26.2 Å². The molecule has 8 heteroatoms. The highest BCUT2D eigenvalue weighted by atomic mass is 32.2. The second-order valence-electron chi connectivity index (χ2n) is 5.98. The number of nitrogens with zero attached hydrogens (tertiary/aromatic N) is 2. The molecule has 0 saturated heterocycles. The summed E-state index contributed by atoms with van der Waals surface area (Å²) in [6, 6.07) is 12.0. The van der Waals surface area contributed by atoms with Gasteiger partial charge in [-0.1, -0.05) is 12.1 Å². The maximum absolute atomic E-state index is 10.4. The maximum Gasteiger partial charge on any atom is 0.222 e. The van der Waals surface area contributed by atoms with Crippen LogP contribution in [0.1, 0.15) is 30.0 Å². The SMILES string of the molecule is CSc1cccc(N(C)NNNC=O)c1COc1cccc(C2CC2)n1. The first-order valence-electron chi connectivity index (χ1n) is 8.42. The first kappa shape index (κ1) is 18.5. The molecule has 1 aromatic heterocycles. The maximum atomic E-state index is 10.4. The van der Waals surface area contributed by atoms with Crippen molar-refractivity contribution in [3.8, 4) is 5.88 Å². The van der Waals surface area contributed by atoms with Gasteiger partial charge in [0, 0.05) is 35.2 Å². The quantitative estimate of drug-likeness (QED) is 0.255. The van der Waals surface area contributed by atoms with Crippen molar-refractivity contribution in [1.82, 2.24) is 21.5 Å².